The third kappa shape index (κ3) is 3.41. The minimum absolute atomic E-state index is 0.0588. The lowest BCUT2D eigenvalue weighted by molar-refractivity contribution is 0.327. The molecule has 1 aromatic heterocycles. The van der Waals surface area contributed by atoms with Crippen molar-refractivity contribution in [1.82, 2.24) is 9.29 Å². The molecule has 1 aliphatic rings. The number of nitrogens with one attached hydrogen (secondary N) is 1. The maximum atomic E-state index is 13.6. The zero-order valence-corrected chi connectivity index (χ0v) is 17.7. The molecule has 6 nitrogen and oxygen atoms in total. The number of fused-ring (bicyclic) bond motifs is 2. The highest BCUT2D eigenvalue weighted by atomic mass is 32.2. The van der Waals surface area contributed by atoms with Crippen LogP contribution >= 0.6 is 0 Å². The molecule has 156 valence electrons. The molecule has 0 spiro atoms. The molecule has 0 fully saturated rings. The van der Waals surface area contributed by atoms with Crippen molar-refractivity contribution in [3.05, 3.63) is 95.7 Å². The quantitative estimate of drug-likeness (QED) is 0.497. The number of para-hydroxylation sites is 2. The van der Waals surface area contributed by atoms with Crippen molar-refractivity contribution in [2.75, 3.05) is 5.32 Å². The molecule has 0 aliphatic carbocycles. The van der Waals surface area contributed by atoms with Gasteiger partial charge in [-0.3, -0.25) is 0 Å². The number of rotatable bonds is 3. The van der Waals surface area contributed by atoms with Crippen molar-refractivity contribution in [3.8, 4) is 5.75 Å². The Labute approximate surface area is 180 Å². The molecule has 0 radical (unpaired) electrons. The van der Waals surface area contributed by atoms with Gasteiger partial charge in [-0.2, -0.15) is 4.31 Å². The lowest BCUT2D eigenvalue weighted by Gasteiger charge is -2.37. The second kappa shape index (κ2) is 7.37. The summed E-state index contributed by atoms with van der Waals surface area (Å²) in [6.07, 6.45) is -0.717. The number of aryl methyl sites for hydroxylation is 1. The van der Waals surface area contributed by atoms with Crippen molar-refractivity contribution in [1.29, 1.82) is 0 Å². The van der Waals surface area contributed by atoms with E-state index in [-0.39, 0.29) is 17.2 Å². The zero-order chi connectivity index (χ0) is 21.6. The Bertz CT molecular complexity index is 1390. The van der Waals surface area contributed by atoms with Gasteiger partial charge in [-0.15, -0.1) is 0 Å². The van der Waals surface area contributed by atoms with Crippen LogP contribution in [-0.4, -0.2) is 22.8 Å². The summed E-state index contributed by atoms with van der Waals surface area (Å²) in [4.78, 5) is 4.85. The number of anilines is 1. The number of phenols is 1. The van der Waals surface area contributed by atoms with Gasteiger partial charge in [0.25, 0.3) is 0 Å². The van der Waals surface area contributed by atoms with E-state index < -0.39 is 16.2 Å². The fourth-order valence-electron chi connectivity index (χ4n) is 3.87. The summed E-state index contributed by atoms with van der Waals surface area (Å²) in [5.41, 5.74) is 3.69. The van der Waals surface area contributed by atoms with Crippen LogP contribution in [-0.2, 0) is 16.6 Å². The van der Waals surface area contributed by atoms with E-state index in [1.54, 1.807) is 42.5 Å². The minimum atomic E-state index is -3.81. The molecule has 0 amide bonds. The first-order valence-electron chi connectivity index (χ1n) is 9.95. The molecule has 2 heterocycles. The number of aromatic hydroxyl groups is 1. The van der Waals surface area contributed by atoms with Crippen LogP contribution in [0.3, 0.4) is 0 Å². The highest BCUT2D eigenvalue weighted by Crippen LogP contribution is 2.37. The van der Waals surface area contributed by atoms with Crippen LogP contribution in [0.4, 0.5) is 5.69 Å². The maximum absolute atomic E-state index is 13.6. The fraction of sp³-hybridized carbons (Fsp3) is 0.125. The molecule has 31 heavy (non-hydrogen) atoms. The van der Waals surface area contributed by atoms with Gasteiger partial charge in [-0.05, 0) is 42.8 Å². The van der Waals surface area contributed by atoms with E-state index in [2.05, 4.69) is 10.3 Å². The molecule has 0 saturated carbocycles. The molecule has 1 atom stereocenters. The van der Waals surface area contributed by atoms with Crippen molar-refractivity contribution in [2.45, 2.75) is 24.5 Å². The SMILES string of the molecule is Cc1ccc(S(=O)(=O)N2Cc3ccccc3NC2c2ccc3cccc(O)c3n2)cc1. The second-order valence-corrected chi connectivity index (χ2v) is 9.54. The van der Waals surface area contributed by atoms with Crippen LogP contribution in [0.15, 0.2) is 83.8 Å². The number of aromatic nitrogens is 1. The number of phenolic OH excluding ortho intramolecular Hbond substituents is 1. The Balaban J connectivity index is 1.66. The Hall–Kier alpha value is -3.42. The average Bonchev–Trinajstić information content (AvgIpc) is 2.78. The number of hydrogen-bond donors (Lipinski definition) is 2. The van der Waals surface area contributed by atoms with Gasteiger partial charge in [0.15, 0.2) is 0 Å². The van der Waals surface area contributed by atoms with Crippen molar-refractivity contribution >= 4 is 26.6 Å². The van der Waals surface area contributed by atoms with E-state index >= 15 is 0 Å². The second-order valence-electron chi connectivity index (χ2n) is 7.65. The molecule has 2 N–H and O–H groups in total. The zero-order valence-electron chi connectivity index (χ0n) is 16.9. The van der Waals surface area contributed by atoms with E-state index in [0.717, 1.165) is 22.2 Å². The van der Waals surface area contributed by atoms with E-state index in [4.69, 9.17) is 0 Å². The molecular weight excluding hydrogens is 410 g/mol. The van der Waals surface area contributed by atoms with Crippen LogP contribution in [0.5, 0.6) is 5.75 Å². The van der Waals surface area contributed by atoms with Crippen LogP contribution in [0.1, 0.15) is 23.0 Å². The average molecular weight is 432 g/mol. The van der Waals surface area contributed by atoms with E-state index in [1.807, 2.05) is 43.3 Å². The molecule has 5 rings (SSSR count). The van der Waals surface area contributed by atoms with E-state index in [9.17, 15) is 13.5 Å². The lowest BCUT2D eigenvalue weighted by atomic mass is 10.1. The molecular formula is C24H21N3O3S. The standard InChI is InChI=1S/C24H21N3O3S/c1-16-9-12-19(13-10-16)31(29,30)27-15-18-5-2-3-7-20(18)26-24(27)21-14-11-17-6-4-8-22(28)23(17)25-21/h2-14,24,26,28H,15H2,1H3. The van der Waals surface area contributed by atoms with Gasteiger partial charge < -0.3 is 10.4 Å². The van der Waals surface area contributed by atoms with Crippen LogP contribution < -0.4 is 5.32 Å². The van der Waals surface area contributed by atoms with Gasteiger partial charge in [0.2, 0.25) is 10.0 Å². The summed E-state index contributed by atoms with van der Waals surface area (Å²) in [5.74, 6) is 0.0588. The van der Waals surface area contributed by atoms with Crippen LogP contribution in [0, 0.1) is 6.92 Å². The van der Waals surface area contributed by atoms with Crippen molar-refractivity contribution in [2.24, 2.45) is 0 Å². The summed E-state index contributed by atoms with van der Waals surface area (Å²) >= 11 is 0. The highest BCUT2D eigenvalue weighted by molar-refractivity contribution is 7.89. The summed E-state index contributed by atoms with van der Waals surface area (Å²) in [5, 5.41) is 14.4. The minimum Gasteiger partial charge on any atom is -0.506 e. The van der Waals surface area contributed by atoms with Crippen LogP contribution in [0.25, 0.3) is 10.9 Å². The molecule has 3 aromatic carbocycles. The molecule has 1 unspecified atom stereocenters. The topological polar surface area (TPSA) is 82.5 Å². The number of benzene rings is 3. The van der Waals surface area contributed by atoms with Gasteiger partial charge in [0, 0.05) is 17.6 Å². The molecule has 0 bridgehead atoms. The number of hydrogen-bond acceptors (Lipinski definition) is 5. The largest absolute Gasteiger partial charge is 0.506 e. The lowest BCUT2D eigenvalue weighted by Crippen LogP contribution is -2.41. The number of sulfonamides is 1. The van der Waals surface area contributed by atoms with Gasteiger partial charge in [-0.25, -0.2) is 13.4 Å². The van der Waals surface area contributed by atoms with Gasteiger partial charge in [0.1, 0.15) is 17.4 Å². The monoisotopic (exact) mass is 431 g/mol. The maximum Gasteiger partial charge on any atom is 0.245 e. The van der Waals surface area contributed by atoms with Gasteiger partial charge >= 0.3 is 0 Å². The predicted octanol–water partition coefficient (Wildman–Crippen LogP) is 4.56. The van der Waals surface area contributed by atoms with Crippen molar-refractivity contribution < 1.29 is 13.5 Å². The van der Waals surface area contributed by atoms with Crippen molar-refractivity contribution in [3.63, 3.8) is 0 Å². The molecule has 0 saturated heterocycles. The Kier molecular flexibility index (Phi) is 4.64. The summed E-state index contributed by atoms with van der Waals surface area (Å²) in [7, 11) is -3.81. The first kappa shape index (κ1) is 19.5. The third-order valence-corrected chi connectivity index (χ3v) is 7.38. The smallest absolute Gasteiger partial charge is 0.245 e. The molecule has 7 heteroatoms. The van der Waals surface area contributed by atoms with Gasteiger partial charge in [-0.1, -0.05) is 54.1 Å². The number of pyridine rings is 1. The Morgan fingerprint density at radius 2 is 1.74 bits per heavy atom. The fourth-order valence-corrected chi connectivity index (χ4v) is 5.37. The molecule has 4 aromatic rings. The molecule has 1 aliphatic heterocycles. The summed E-state index contributed by atoms with van der Waals surface area (Å²) in [6, 6.07) is 23.3. The summed E-state index contributed by atoms with van der Waals surface area (Å²) < 4.78 is 28.7. The highest BCUT2D eigenvalue weighted by Gasteiger charge is 2.37. The first-order chi connectivity index (χ1) is 14.9. The normalized spacial score (nSPS) is 16.6. The van der Waals surface area contributed by atoms with Gasteiger partial charge in [0.05, 0.1) is 10.6 Å². The Morgan fingerprint density at radius 1 is 0.968 bits per heavy atom. The Morgan fingerprint density at radius 3 is 2.55 bits per heavy atom. The van der Waals surface area contributed by atoms with E-state index in [0.29, 0.717) is 11.2 Å². The van der Waals surface area contributed by atoms with E-state index in [1.165, 1.54) is 4.31 Å². The first-order valence-corrected chi connectivity index (χ1v) is 11.4. The predicted molar refractivity (Wildman–Crippen MR) is 120 cm³/mol. The third-order valence-electron chi connectivity index (χ3n) is 5.55. The van der Waals surface area contributed by atoms with Crippen LogP contribution in [0.2, 0.25) is 0 Å². The number of nitrogens with zero attached hydrogens (tertiary/aromatic N) is 2. The summed E-state index contributed by atoms with van der Waals surface area (Å²) in [6.45, 7) is 2.13.